The molecule has 7 rings (SSSR count). The highest BCUT2D eigenvalue weighted by atomic mass is 16.3. The summed E-state index contributed by atoms with van der Waals surface area (Å²) < 4.78 is 0. The predicted octanol–water partition coefficient (Wildman–Crippen LogP) is 7.36. The monoisotopic (exact) mass is 382 g/mol. The lowest BCUT2D eigenvalue weighted by atomic mass is 9.80. The van der Waals surface area contributed by atoms with Gasteiger partial charge in [-0.25, -0.2) is 0 Å². The molecule has 1 heteroatoms. The van der Waals surface area contributed by atoms with Gasteiger partial charge >= 0.3 is 0 Å². The summed E-state index contributed by atoms with van der Waals surface area (Å²) in [6.45, 7) is 0. The van der Waals surface area contributed by atoms with Crippen molar-refractivity contribution in [2.45, 2.75) is 6.10 Å². The first kappa shape index (κ1) is 16.2. The van der Waals surface area contributed by atoms with Crippen molar-refractivity contribution in [3.8, 4) is 11.1 Å². The van der Waals surface area contributed by atoms with Crippen LogP contribution in [0.4, 0.5) is 0 Å². The zero-order valence-electron chi connectivity index (χ0n) is 16.3. The van der Waals surface area contributed by atoms with Crippen molar-refractivity contribution in [1.29, 1.82) is 0 Å². The molecule has 1 N–H and O–H groups in total. The van der Waals surface area contributed by atoms with Crippen molar-refractivity contribution in [3.63, 3.8) is 0 Å². The number of rotatable bonds is 1. The molecule has 30 heavy (non-hydrogen) atoms. The van der Waals surface area contributed by atoms with Crippen LogP contribution in [0.2, 0.25) is 0 Å². The summed E-state index contributed by atoms with van der Waals surface area (Å²) in [6, 6.07) is 34.4. The fourth-order valence-electron chi connectivity index (χ4n) is 5.43. The molecule has 0 fully saturated rings. The van der Waals surface area contributed by atoms with Crippen molar-refractivity contribution >= 4 is 43.1 Å². The van der Waals surface area contributed by atoms with Crippen LogP contribution in [0.3, 0.4) is 0 Å². The number of hydrogen-bond acceptors (Lipinski definition) is 1. The highest BCUT2D eigenvalue weighted by Gasteiger charge is 2.25. The number of aliphatic hydroxyl groups excluding tert-OH is 1. The summed E-state index contributed by atoms with van der Waals surface area (Å²) >= 11 is 0. The standard InChI is InChI=1S/C29H18O/c30-29-23-12-4-8-18-14-15-19-16-25(21-10-3-7-17-6-1-2-9-20(17)21)22-11-5-13-24(29)28(22)27(19)26(18)23/h1-16,29-30H. The summed E-state index contributed by atoms with van der Waals surface area (Å²) in [5, 5.41) is 21.0. The van der Waals surface area contributed by atoms with Gasteiger partial charge in [0, 0.05) is 0 Å². The SMILES string of the molecule is OC1c2cccc3ccc4cc(-c5cccc6ccccc56)c5cccc1c5c4c23. The van der Waals surface area contributed by atoms with E-state index in [4.69, 9.17) is 0 Å². The lowest BCUT2D eigenvalue weighted by Crippen LogP contribution is -2.06. The van der Waals surface area contributed by atoms with Gasteiger partial charge in [0.25, 0.3) is 0 Å². The van der Waals surface area contributed by atoms with Gasteiger partial charge in [-0.15, -0.1) is 0 Å². The van der Waals surface area contributed by atoms with E-state index in [-0.39, 0.29) is 0 Å². The summed E-state index contributed by atoms with van der Waals surface area (Å²) in [5.41, 5.74) is 4.48. The minimum atomic E-state index is -0.599. The van der Waals surface area contributed by atoms with Gasteiger partial charge in [-0.2, -0.15) is 0 Å². The maximum absolute atomic E-state index is 11.3. The van der Waals surface area contributed by atoms with Crippen LogP contribution in [-0.4, -0.2) is 5.11 Å². The van der Waals surface area contributed by atoms with Gasteiger partial charge in [0.05, 0.1) is 0 Å². The van der Waals surface area contributed by atoms with Crippen molar-refractivity contribution in [1.82, 2.24) is 0 Å². The van der Waals surface area contributed by atoms with E-state index in [2.05, 4.69) is 91.0 Å². The molecular formula is C29H18O. The smallest absolute Gasteiger partial charge is 0.105 e. The molecule has 6 aromatic rings. The van der Waals surface area contributed by atoms with Crippen LogP contribution in [0, 0.1) is 0 Å². The molecule has 0 bridgehead atoms. The lowest BCUT2D eigenvalue weighted by Gasteiger charge is -2.25. The second kappa shape index (κ2) is 5.69. The first-order valence-corrected chi connectivity index (χ1v) is 10.4. The molecule has 1 unspecified atom stereocenters. The van der Waals surface area contributed by atoms with E-state index in [9.17, 15) is 5.11 Å². The Morgan fingerprint density at radius 1 is 0.467 bits per heavy atom. The summed E-state index contributed by atoms with van der Waals surface area (Å²) in [4.78, 5) is 0. The molecule has 0 saturated heterocycles. The number of fused-ring (bicyclic) bond motifs is 1. The van der Waals surface area contributed by atoms with E-state index in [0.29, 0.717) is 0 Å². The fourth-order valence-corrected chi connectivity index (χ4v) is 5.43. The van der Waals surface area contributed by atoms with E-state index in [1.807, 2.05) is 6.07 Å². The third-order valence-corrected chi connectivity index (χ3v) is 6.72. The Morgan fingerprint density at radius 3 is 2.07 bits per heavy atom. The number of hydrogen-bond donors (Lipinski definition) is 1. The third kappa shape index (κ3) is 1.95. The zero-order valence-corrected chi connectivity index (χ0v) is 16.3. The summed E-state index contributed by atoms with van der Waals surface area (Å²) in [7, 11) is 0. The molecule has 0 radical (unpaired) electrons. The Morgan fingerprint density at radius 2 is 1.13 bits per heavy atom. The van der Waals surface area contributed by atoms with Gasteiger partial charge in [0.15, 0.2) is 0 Å². The Kier molecular flexibility index (Phi) is 3.06. The zero-order chi connectivity index (χ0) is 19.8. The van der Waals surface area contributed by atoms with E-state index in [0.717, 1.165) is 11.1 Å². The summed E-state index contributed by atoms with van der Waals surface area (Å²) in [5.74, 6) is 0. The highest BCUT2D eigenvalue weighted by Crippen LogP contribution is 2.48. The van der Waals surface area contributed by atoms with Crippen molar-refractivity contribution < 1.29 is 5.11 Å². The first-order valence-electron chi connectivity index (χ1n) is 10.4. The molecule has 0 aromatic heterocycles. The van der Waals surface area contributed by atoms with Crippen LogP contribution >= 0.6 is 0 Å². The summed E-state index contributed by atoms with van der Waals surface area (Å²) in [6.07, 6.45) is -0.599. The highest BCUT2D eigenvalue weighted by molar-refractivity contribution is 6.27. The van der Waals surface area contributed by atoms with Crippen LogP contribution in [0.25, 0.3) is 54.2 Å². The van der Waals surface area contributed by atoms with Gasteiger partial charge in [0.1, 0.15) is 6.10 Å². The van der Waals surface area contributed by atoms with E-state index in [1.54, 1.807) is 0 Å². The molecule has 1 nitrogen and oxygen atoms in total. The maximum Gasteiger partial charge on any atom is 0.105 e. The van der Waals surface area contributed by atoms with Crippen molar-refractivity contribution in [2.75, 3.05) is 0 Å². The van der Waals surface area contributed by atoms with Gasteiger partial charge < -0.3 is 5.11 Å². The Labute approximate surface area is 173 Å². The molecule has 0 spiro atoms. The third-order valence-electron chi connectivity index (χ3n) is 6.72. The molecule has 1 aliphatic carbocycles. The normalized spacial score (nSPS) is 15.2. The Balaban J connectivity index is 1.74. The molecule has 0 saturated carbocycles. The second-order valence-electron chi connectivity index (χ2n) is 8.23. The molecule has 6 aromatic carbocycles. The van der Waals surface area contributed by atoms with Gasteiger partial charge in [-0.05, 0) is 71.4 Å². The maximum atomic E-state index is 11.3. The van der Waals surface area contributed by atoms with E-state index >= 15 is 0 Å². The molecule has 0 heterocycles. The average molecular weight is 382 g/mol. The van der Waals surface area contributed by atoms with Gasteiger partial charge in [-0.3, -0.25) is 0 Å². The van der Waals surface area contributed by atoms with Crippen molar-refractivity contribution in [3.05, 3.63) is 108 Å². The Bertz CT molecular complexity index is 1650. The predicted molar refractivity (Wildman–Crippen MR) is 126 cm³/mol. The quantitative estimate of drug-likeness (QED) is 0.295. The largest absolute Gasteiger partial charge is 0.384 e. The van der Waals surface area contributed by atoms with Crippen LogP contribution in [0.5, 0.6) is 0 Å². The molecule has 0 amide bonds. The Hall–Kier alpha value is -3.68. The minimum absolute atomic E-state index is 0.599. The van der Waals surface area contributed by atoms with Gasteiger partial charge in [0.2, 0.25) is 0 Å². The van der Waals surface area contributed by atoms with Crippen LogP contribution in [0.15, 0.2) is 97.1 Å². The fraction of sp³-hybridized carbons (Fsp3) is 0.0345. The molecule has 1 atom stereocenters. The topological polar surface area (TPSA) is 20.2 Å². The number of benzene rings is 6. The molecule has 1 aliphatic rings. The molecule has 0 aliphatic heterocycles. The van der Waals surface area contributed by atoms with E-state index in [1.165, 1.54) is 54.2 Å². The molecule has 140 valence electrons. The van der Waals surface area contributed by atoms with Gasteiger partial charge in [-0.1, -0.05) is 91.0 Å². The second-order valence-corrected chi connectivity index (χ2v) is 8.23. The molecular weight excluding hydrogens is 364 g/mol. The van der Waals surface area contributed by atoms with Crippen molar-refractivity contribution in [2.24, 2.45) is 0 Å². The van der Waals surface area contributed by atoms with E-state index < -0.39 is 6.10 Å². The number of aliphatic hydroxyl groups is 1. The first-order chi connectivity index (χ1) is 14.8. The average Bonchev–Trinajstić information content (AvgIpc) is 2.81. The van der Waals surface area contributed by atoms with Crippen LogP contribution in [-0.2, 0) is 0 Å². The van der Waals surface area contributed by atoms with Crippen LogP contribution < -0.4 is 0 Å². The minimum Gasteiger partial charge on any atom is -0.384 e. The van der Waals surface area contributed by atoms with Crippen LogP contribution in [0.1, 0.15) is 17.2 Å². The lowest BCUT2D eigenvalue weighted by molar-refractivity contribution is 0.223.